The van der Waals surface area contributed by atoms with Crippen LogP contribution < -0.4 is 10.2 Å². The van der Waals surface area contributed by atoms with Gasteiger partial charge in [0, 0.05) is 23.1 Å². The summed E-state index contributed by atoms with van der Waals surface area (Å²) >= 11 is 3.36. The van der Waals surface area contributed by atoms with Crippen molar-refractivity contribution in [2.24, 2.45) is 5.92 Å². The summed E-state index contributed by atoms with van der Waals surface area (Å²) in [6.45, 7) is 2.12. The molecule has 0 saturated carbocycles. The van der Waals surface area contributed by atoms with Gasteiger partial charge in [-0.15, -0.1) is 0 Å². The lowest BCUT2D eigenvalue weighted by atomic mass is 10.1. The van der Waals surface area contributed by atoms with Crippen LogP contribution in [0.15, 0.2) is 28.7 Å². The summed E-state index contributed by atoms with van der Waals surface area (Å²) in [6, 6.07) is 6.40. The molecule has 0 radical (unpaired) electrons. The largest absolute Gasteiger partial charge is 0.480 e. The molecule has 23 heavy (non-hydrogen) atoms. The Bertz CT molecular complexity index is 620. The van der Waals surface area contributed by atoms with E-state index in [4.69, 9.17) is 5.11 Å². The fourth-order valence-corrected chi connectivity index (χ4v) is 3.00. The smallest absolute Gasteiger partial charge is 0.326 e. The SMILES string of the molecule is CCCC(NC(=O)C1CC(=O)N(c2cccc(Br)c2)C1)C(=O)O. The molecule has 2 N–H and O–H groups in total. The van der Waals surface area contributed by atoms with Crippen LogP contribution in [-0.4, -0.2) is 35.5 Å². The van der Waals surface area contributed by atoms with Crippen LogP contribution in [0.3, 0.4) is 0 Å². The second-order valence-electron chi connectivity index (χ2n) is 5.57. The van der Waals surface area contributed by atoms with E-state index in [9.17, 15) is 14.4 Å². The molecule has 0 aromatic heterocycles. The zero-order valence-corrected chi connectivity index (χ0v) is 14.4. The van der Waals surface area contributed by atoms with E-state index in [-0.39, 0.29) is 24.8 Å². The van der Waals surface area contributed by atoms with Crippen LogP contribution in [0.2, 0.25) is 0 Å². The van der Waals surface area contributed by atoms with E-state index in [1.165, 1.54) is 0 Å². The number of carbonyl (C=O) groups is 3. The third-order valence-corrected chi connectivity index (χ3v) is 4.30. The topological polar surface area (TPSA) is 86.7 Å². The molecule has 6 nitrogen and oxygen atoms in total. The van der Waals surface area contributed by atoms with Gasteiger partial charge in [0.05, 0.1) is 5.92 Å². The van der Waals surface area contributed by atoms with Gasteiger partial charge in [0.15, 0.2) is 0 Å². The summed E-state index contributed by atoms with van der Waals surface area (Å²) in [5.74, 6) is -2.09. The van der Waals surface area contributed by atoms with Crippen molar-refractivity contribution in [1.82, 2.24) is 5.32 Å². The molecular weight excluding hydrogens is 364 g/mol. The molecule has 1 saturated heterocycles. The van der Waals surface area contributed by atoms with E-state index in [1.54, 1.807) is 11.0 Å². The molecule has 2 rings (SSSR count). The van der Waals surface area contributed by atoms with Crippen LogP contribution in [-0.2, 0) is 14.4 Å². The Kier molecular flexibility index (Phi) is 5.76. The second kappa shape index (κ2) is 7.59. The Hall–Kier alpha value is -1.89. The van der Waals surface area contributed by atoms with Crippen molar-refractivity contribution in [3.8, 4) is 0 Å². The monoisotopic (exact) mass is 382 g/mol. The summed E-state index contributed by atoms with van der Waals surface area (Å²) in [4.78, 5) is 37.1. The number of anilines is 1. The summed E-state index contributed by atoms with van der Waals surface area (Å²) in [5, 5.41) is 11.6. The molecule has 7 heteroatoms. The van der Waals surface area contributed by atoms with E-state index in [0.29, 0.717) is 12.8 Å². The van der Waals surface area contributed by atoms with Gasteiger partial charge in [0.25, 0.3) is 0 Å². The average Bonchev–Trinajstić information content (AvgIpc) is 2.88. The standard InChI is InChI=1S/C16H19BrN2O4/c1-2-4-13(16(22)23)18-15(21)10-7-14(20)19(9-10)12-6-3-5-11(17)8-12/h3,5-6,8,10,13H,2,4,7,9H2,1H3,(H,18,21)(H,22,23). The second-order valence-corrected chi connectivity index (χ2v) is 6.49. The number of benzene rings is 1. The Labute approximate surface area is 143 Å². The molecule has 2 amide bonds. The molecule has 1 heterocycles. The summed E-state index contributed by atoms with van der Waals surface area (Å²) in [5.41, 5.74) is 0.725. The maximum atomic E-state index is 12.3. The van der Waals surface area contributed by atoms with Gasteiger partial charge in [-0.1, -0.05) is 35.3 Å². The number of carbonyl (C=O) groups excluding carboxylic acids is 2. The van der Waals surface area contributed by atoms with Crippen molar-refractivity contribution in [2.75, 3.05) is 11.4 Å². The number of hydrogen-bond donors (Lipinski definition) is 2. The van der Waals surface area contributed by atoms with Gasteiger partial charge in [-0.3, -0.25) is 9.59 Å². The number of amides is 2. The summed E-state index contributed by atoms with van der Waals surface area (Å²) in [6.07, 6.45) is 1.12. The number of nitrogens with zero attached hydrogens (tertiary/aromatic N) is 1. The fourth-order valence-electron chi connectivity index (χ4n) is 2.61. The van der Waals surface area contributed by atoms with Crippen LogP contribution in [0.5, 0.6) is 0 Å². The number of halogens is 1. The van der Waals surface area contributed by atoms with Crippen LogP contribution in [0.4, 0.5) is 5.69 Å². The normalized spacial score (nSPS) is 18.8. The molecule has 0 spiro atoms. The van der Waals surface area contributed by atoms with Gasteiger partial charge in [0.2, 0.25) is 11.8 Å². The Morgan fingerprint density at radius 1 is 1.48 bits per heavy atom. The first kappa shape index (κ1) is 17.5. The van der Waals surface area contributed by atoms with E-state index in [2.05, 4.69) is 21.2 Å². The summed E-state index contributed by atoms with van der Waals surface area (Å²) < 4.78 is 0.851. The first-order valence-electron chi connectivity index (χ1n) is 7.51. The number of carboxylic acid groups (broad SMARTS) is 1. The highest BCUT2D eigenvalue weighted by atomic mass is 79.9. The molecule has 1 aliphatic rings. The fraction of sp³-hybridized carbons (Fsp3) is 0.438. The molecule has 2 unspecified atom stereocenters. The molecule has 2 atom stereocenters. The number of nitrogens with one attached hydrogen (secondary N) is 1. The molecule has 1 aromatic rings. The van der Waals surface area contributed by atoms with Crippen molar-refractivity contribution in [3.05, 3.63) is 28.7 Å². The van der Waals surface area contributed by atoms with Gasteiger partial charge in [-0.25, -0.2) is 4.79 Å². The van der Waals surface area contributed by atoms with Crippen molar-refractivity contribution >= 4 is 39.4 Å². The molecule has 1 fully saturated rings. The Morgan fingerprint density at radius 2 is 2.22 bits per heavy atom. The third kappa shape index (κ3) is 4.31. The van der Waals surface area contributed by atoms with Gasteiger partial charge in [-0.2, -0.15) is 0 Å². The van der Waals surface area contributed by atoms with E-state index >= 15 is 0 Å². The lowest BCUT2D eigenvalue weighted by molar-refractivity contribution is -0.142. The van der Waals surface area contributed by atoms with Gasteiger partial charge < -0.3 is 15.3 Å². The van der Waals surface area contributed by atoms with Gasteiger partial charge in [0.1, 0.15) is 6.04 Å². The minimum atomic E-state index is -1.05. The number of aliphatic carboxylic acids is 1. The van der Waals surface area contributed by atoms with E-state index in [0.717, 1.165) is 10.2 Å². The van der Waals surface area contributed by atoms with Crippen molar-refractivity contribution in [3.63, 3.8) is 0 Å². The Morgan fingerprint density at radius 3 is 2.83 bits per heavy atom. The van der Waals surface area contributed by atoms with Crippen molar-refractivity contribution < 1.29 is 19.5 Å². The predicted octanol–water partition coefficient (Wildman–Crippen LogP) is 2.17. The van der Waals surface area contributed by atoms with Crippen LogP contribution in [0, 0.1) is 5.92 Å². The highest BCUT2D eigenvalue weighted by Gasteiger charge is 2.36. The predicted molar refractivity (Wildman–Crippen MR) is 89.1 cm³/mol. The average molecular weight is 383 g/mol. The zero-order chi connectivity index (χ0) is 17.0. The highest BCUT2D eigenvalue weighted by Crippen LogP contribution is 2.27. The van der Waals surface area contributed by atoms with Crippen molar-refractivity contribution in [2.45, 2.75) is 32.2 Å². The van der Waals surface area contributed by atoms with Crippen LogP contribution in [0.25, 0.3) is 0 Å². The lowest BCUT2D eigenvalue weighted by Crippen LogP contribution is -2.44. The number of carboxylic acids is 1. The van der Waals surface area contributed by atoms with Crippen molar-refractivity contribution in [1.29, 1.82) is 0 Å². The molecule has 1 aliphatic heterocycles. The minimum absolute atomic E-state index is 0.0941. The van der Waals surface area contributed by atoms with Crippen LogP contribution >= 0.6 is 15.9 Å². The molecular formula is C16H19BrN2O4. The van der Waals surface area contributed by atoms with Crippen LogP contribution in [0.1, 0.15) is 26.2 Å². The van der Waals surface area contributed by atoms with Gasteiger partial charge in [-0.05, 0) is 24.6 Å². The molecule has 0 aliphatic carbocycles. The third-order valence-electron chi connectivity index (χ3n) is 3.81. The zero-order valence-electron chi connectivity index (χ0n) is 12.8. The quantitative estimate of drug-likeness (QED) is 0.789. The molecule has 0 bridgehead atoms. The minimum Gasteiger partial charge on any atom is -0.480 e. The molecule has 1 aromatic carbocycles. The van der Waals surface area contributed by atoms with E-state index in [1.807, 2.05) is 25.1 Å². The maximum Gasteiger partial charge on any atom is 0.326 e. The maximum absolute atomic E-state index is 12.3. The lowest BCUT2D eigenvalue weighted by Gasteiger charge is -2.18. The number of rotatable bonds is 6. The number of hydrogen-bond acceptors (Lipinski definition) is 3. The van der Waals surface area contributed by atoms with Gasteiger partial charge >= 0.3 is 5.97 Å². The highest BCUT2D eigenvalue weighted by molar-refractivity contribution is 9.10. The Balaban J connectivity index is 2.04. The first-order chi connectivity index (χ1) is 10.9. The summed E-state index contributed by atoms with van der Waals surface area (Å²) in [7, 11) is 0. The van der Waals surface area contributed by atoms with E-state index < -0.39 is 17.9 Å². The molecule has 124 valence electrons. The first-order valence-corrected chi connectivity index (χ1v) is 8.30.